The molecule has 3 rings (SSSR count). The molecule has 2 saturated heterocycles. The number of nitrogens with two attached hydrogens (primary N) is 1. The molecule has 1 aliphatic carbocycles. The highest BCUT2D eigenvalue weighted by Crippen LogP contribution is 2.36. The maximum atomic E-state index is 13.6. The van der Waals surface area contributed by atoms with Crippen molar-refractivity contribution in [2.45, 2.75) is 50.1 Å². The summed E-state index contributed by atoms with van der Waals surface area (Å²) in [5, 5.41) is 0. The molecule has 0 aromatic rings. The van der Waals surface area contributed by atoms with E-state index in [2.05, 4.69) is 0 Å². The predicted octanol–water partition coefficient (Wildman–Crippen LogP) is 0.812. The number of hydrogen-bond donors (Lipinski definition) is 1. The van der Waals surface area contributed by atoms with Crippen LogP contribution in [0, 0.1) is 11.8 Å². The third-order valence-corrected chi connectivity index (χ3v) is 6.82. The molecule has 2 aliphatic heterocycles. The van der Waals surface area contributed by atoms with Gasteiger partial charge in [-0.15, -0.1) is 0 Å². The number of rotatable bonds is 5. The van der Waals surface area contributed by atoms with Crippen LogP contribution < -0.4 is 5.73 Å². The number of nitrogens with zero attached hydrogens (tertiary/aromatic N) is 4. The molecule has 0 aromatic heterocycles. The molecule has 2 heterocycles. The molecule has 0 bridgehead atoms. The molecule has 0 unspecified atom stereocenters. The zero-order valence-corrected chi connectivity index (χ0v) is 18.0. The van der Waals surface area contributed by atoms with Gasteiger partial charge in [-0.25, -0.2) is 13.6 Å². The molecule has 170 valence electrons. The van der Waals surface area contributed by atoms with E-state index < -0.39 is 30.3 Å². The van der Waals surface area contributed by atoms with E-state index in [4.69, 9.17) is 5.73 Å². The van der Waals surface area contributed by atoms with Crippen molar-refractivity contribution in [1.82, 2.24) is 19.6 Å². The quantitative estimate of drug-likeness (QED) is 0.700. The van der Waals surface area contributed by atoms with Crippen molar-refractivity contribution < 1.29 is 23.2 Å². The first-order chi connectivity index (χ1) is 14.0. The molecule has 0 spiro atoms. The molecular formula is C20H33F2N5O3. The van der Waals surface area contributed by atoms with Crippen LogP contribution in [0.25, 0.3) is 0 Å². The van der Waals surface area contributed by atoms with Crippen LogP contribution >= 0.6 is 0 Å². The molecule has 1 saturated carbocycles. The number of urea groups is 1. The van der Waals surface area contributed by atoms with Gasteiger partial charge in [0.2, 0.25) is 11.8 Å². The molecule has 2 atom stereocenters. The van der Waals surface area contributed by atoms with Crippen LogP contribution in [0.2, 0.25) is 0 Å². The van der Waals surface area contributed by atoms with E-state index in [-0.39, 0.29) is 36.9 Å². The summed E-state index contributed by atoms with van der Waals surface area (Å²) in [4.78, 5) is 44.1. The topological polar surface area (TPSA) is 90.2 Å². The van der Waals surface area contributed by atoms with E-state index in [9.17, 15) is 23.2 Å². The van der Waals surface area contributed by atoms with Gasteiger partial charge in [-0.1, -0.05) is 0 Å². The van der Waals surface area contributed by atoms with Crippen molar-refractivity contribution in [1.29, 1.82) is 0 Å². The summed E-state index contributed by atoms with van der Waals surface area (Å²) in [5.74, 6) is -4.59. The Morgan fingerprint density at radius 2 is 1.77 bits per heavy atom. The molecule has 2 N–H and O–H groups in total. The Morgan fingerprint density at radius 1 is 1.13 bits per heavy atom. The summed E-state index contributed by atoms with van der Waals surface area (Å²) in [6, 6.07) is -0.992. The van der Waals surface area contributed by atoms with Crippen molar-refractivity contribution in [3.63, 3.8) is 0 Å². The van der Waals surface area contributed by atoms with Crippen molar-refractivity contribution in [2.75, 3.05) is 47.3 Å². The number of alkyl halides is 2. The number of likely N-dealkylation sites (tertiary alicyclic amines) is 1. The molecule has 30 heavy (non-hydrogen) atoms. The van der Waals surface area contributed by atoms with Crippen LogP contribution in [0.1, 0.15) is 32.1 Å². The maximum absolute atomic E-state index is 13.6. The number of amides is 4. The van der Waals surface area contributed by atoms with Gasteiger partial charge in [0.15, 0.2) is 0 Å². The van der Waals surface area contributed by atoms with Crippen molar-refractivity contribution in [2.24, 2.45) is 17.6 Å². The minimum atomic E-state index is -2.90. The van der Waals surface area contributed by atoms with Gasteiger partial charge < -0.3 is 25.3 Å². The fourth-order valence-corrected chi connectivity index (χ4v) is 5.01. The van der Waals surface area contributed by atoms with Crippen molar-refractivity contribution in [3.8, 4) is 0 Å². The lowest BCUT2D eigenvalue weighted by Gasteiger charge is -2.39. The number of halogens is 2. The van der Waals surface area contributed by atoms with Crippen molar-refractivity contribution >= 4 is 17.8 Å². The second-order valence-corrected chi connectivity index (χ2v) is 9.12. The second-order valence-electron chi connectivity index (χ2n) is 9.12. The number of likely N-dealkylation sites (N-methyl/N-ethyl adjacent to an activating group) is 1. The Kier molecular flexibility index (Phi) is 6.54. The molecule has 3 fully saturated rings. The van der Waals surface area contributed by atoms with Gasteiger partial charge in [-0.2, -0.15) is 0 Å². The summed E-state index contributed by atoms with van der Waals surface area (Å²) in [6.07, 6.45) is 2.44. The van der Waals surface area contributed by atoms with Gasteiger partial charge >= 0.3 is 6.03 Å². The Morgan fingerprint density at radius 3 is 2.23 bits per heavy atom. The highest BCUT2D eigenvalue weighted by Gasteiger charge is 2.46. The molecule has 8 nitrogen and oxygen atoms in total. The highest BCUT2D eigenvalue weighted by atomic mass is 19.3. The lowest BCUT2D eigenvalue weighted by Crippen LogP contribution is -2.54. The van der Waals surface area contributed by atoms with E-state index in [1.165, 1.54) is 4.90 Å². The third kappa shape index (κ3) is 4.53. The summed E-state index contributed by atoms with van der Waals surface area (Å²) in [5.41, 5.74) is 6.24. The van der Waals surface area contributed by atoms with Gasteiger partial charge in [0.05, 0.1) is 18.5 Å². The minimum Gasteiger partial charge on any atom is -0.349 e. The molecule has 10 heteroatoms. The second kappa shape index (κ2) is 8.64. The minimum absolute atomic E-state index is 0.0289. The average molecular weight is 430 g/mol. The molecule has 0 aromatic carbocycles. The highest BCUT2D eigenvalue weighted by molar-refractivity contribution is 5.90. The van der Waals surface area contributed by atoms with Crippen LogP contribution in [-0.2, 0) is 9.59 Å². The first-order valence-electron chi connectivity index (χ1n) is 10.7. The van der Waals surface area contributed by atoms with E-state index >= 15 is 0 Å². The van der Waals surface area contributed by atoms with Crippen molar-refractivity contribution in [3.05, 3.63) is 0 Å². The smallest absolute Gasteiger partial charge is 0.320 e. The van der Waals surface area contributed by atoms with E-state index in [1.807, 2.05) is 4.90 Å². The largest absolute Gasteiger partial charge is 0.349 e. The lowest BCUT2D eigenvalue weighted by atomic mass is 9.74. The normalized spacial score (nSPS) is 28.6. The van der Waals surface area contributed by atoms with Gasteiger partial charge in [0, 0.05) is 53.2 Å². The Balaban J connectivity index is 1.68. The predicted molar refractivity (Wildman–Crippen MR) is 107 cm³/mol. The zero-order chi connectivity index (χ0) is 22.2. The monoisotopic (exact) mass is 429 g/mol. The van der Waals surface area contributed by atoms with Crippen LogP contribution in [0.5, 0.6) is 0 Å². The first kappa shape index (κ1) is 22.7. The van der Waals surface area contributed by atoms with Gasteiger partial charge in [0.25, 0.3) is 5.92 Å². The summed E-state index contributed by atoms with van der Waals surface area (Å²) in [7, 11) is 5.01. The number of hydrogen-bond acceptors (Lipinski definition) is 4. The van der Waals surface area contributed by atoms with E-state index in [0.717, 1.165) is 17.7 Å². The fourth-order valence-electron chi connectivity index (χ4n) is 5.01. The summed E-state index contributed by atoms with van der Waals surface area (Å²) < 4.78 is 27.1. The molecule has 4 amide bonds. The number of carbonyl (C=O) groups is 3. The summed E-state index contributed by atoms with van der Waals surface area (Å²) >= 11 is 0. The van der Waals surface area contributed by atoms with Gasteiger partial charge in [-0.3, -0.25) is 9.59 Å². The van der Waals surface area contributed by atoms with E-state index in [1.54, 1.807) is 26.0 Å². The molecular weight excluding hydrogens is 396 g/mol. The van der Waals surface area contributed by atoms with Crippen LogP contribution in [0.15, 0.2) is 0 Å². The summed E-state index contributed by atoms with van der Waals surface area (Å²) in [6.45, 7) is 0.728. The SMILES string of the molecule is CN(C)C(=O)[C@@H](C1CCC(N2CCN(C)C2=O)CC1)[C@H](N)C(=O)N1CCC(F)(F)C1. The Bertz CT molecular complexity index is 681. The number of carbonyl (C=O) groups excluding carboxylic acids is 3. The zero-order valence-electron chi connectivity index (χ0n) is 18.0. The average Bonchev–Trinajstić information content (AvgIpc) is 3.23. The van der Waals surface area contributed by atoms with Gasteiger partial charge in [0.1, 0.15) is 0 Å². The van der Waals surface area contributed by atoms with Gasteiger partial charge in [-0.05, 0) is 31.6 Å². The Hall–Kier alpha value is -1.97. The molecule has 0 radical (unpaired) electrons. The maximum Gasteiger partial charge on any atom is 0.320 e. The first-order valence-corrected chi connectivity index (χ1v) is 10.7. The third-order valence-electron chi connectivity index (χ3n) is 6.82. The van der Waals surface area contributed by atoms with Crippen LogP contribution in [0.3, 0.4) is 0 Å². The lowest BCUT2D eigenvalue weighted by molar-refractivity contribution is -0.144. The van der Waals surface area contributed by atoms with Crippen LogP contribution in [-0.4, -0.2) is 103 Å². The Labute approximate surface area is 176 Å². The van der Waals surface area contributed by atoms with E-state index in [0.29, 0.717) is 25.9 Å². The van der Waals surface area contributed by atoms with Crippen LogP contribution in [0.4, 0.5) is 13.6 Å². The standard InChI is InChI=1S/C20H33F2N5O3/c1-24(2)17(28)15(16(23)18(29)26-9-8-20(21,22)12-26)13-4-6-14(7-5-13)27-11-10-25(3)19(27)30/h13-16H,4-12,23H2,1-3H3/t13?,14?,15-,16-/m0/s1. The molecule has 3 aliphatic rings. The fraction of sp³-hybridized carbons (Fsp3) is 0.850.